The second-order valence-electron chi connectivity index (χ2n) is 11.2. The van der Waals surface area contributed by atoms with Gasteiger partial charge in [-0.15, -0.1) is 0 Å². The molecule has 1 aromatic heterocycles. The van der Waals surface area contributed by atoms with Crippen LogP contribution in [0, 0.1) is 11.8 Å². The van der Waals surface area contributed by atoms with Gasteiger partial charge in [0.25, 0.3) is 0 Å². The lowest BCUT2D eigenvalue weighted by Crippen LogP contribution is -2.09. The van der Waals surface area contributed by atoms with E-state index in [0.29, 0.717) is 50.1 Å². The number of hydrogen-bond donors (Lipinski definition) is 0. The third-order valence-electron chi connectivity index (χ3n) is 6.76. The predicted octanol–water partition coefficient (Wildman–Crippen LogP) is 6.62. The number of nitrogens with zero attached hydrogens (tertiary/aromatic N) is 3. The highest BCUT2D eigenvalue weighted by Crippen LogP contribution is 2.27. The summed E-state index contributed by atoms with van der Waals surface area (Å²) in [6.45, 7) is 10.7. The molecular weight excluding hydrogens is 502 g/mol. The number of aliphatic imine (C=N–C) groups is 2. The zero-order valence-electron chi connectivity index (χ0n) is 23.9. The van der Waals surface area contributed by atoms with Crippen LogP contribution in [0.2, 0.25) is 0 Å². The van der Waals surface area contributed by atoms with Gasteiger partial charge in [-0.1, -0.05) is 58.0 Å². The molecule has 0 aliphatic carbocycles. The molecule has 0 saturated heterocycles. The second-order valence-corrected chi connectivity index (χ2v) is 11.2. The minimum atomic E-state index is 0.195. The molecule has 0 spiro atoms. The normalized spacial score (nSPS) is 18.4. The van der Waals surface area contributed by atoms with Crippen molar-refractivity contribution in [2.75, 3.05) is 13.2 Å². The van der Waals surface area contributed by atoms with E-state index in [4.69, 9.17) is 33.9 Å². The molecule has 5 rings (SSSR count). The first kappa shape index (κ1) is 27.7. The van der Waals surface area contributed by atoms with Crippen LogP contribution in [0.25, 0.3) is 0 Å². The molecule has 2 unspecified atom stereocenters. The van der Waals surface area contributed by atoms with Gasteiger partial charge >= 0.3 is 0 Å². The third kappa shape index (κ3) is 7.20. The van der Waals surface area contributed by atoms with E-state index >= 15 is 0 Å². The van der Waals surface area contributed by atoms with Gasteiger partial charge in [0, 0.05) is 0 Å². The summed E-state index contributed by atoms with van der Waals surface area (Å²) < 4.78 is 24.3. The average Bonchev–Trinajstić information content (AvgIpc) is 3.60. The summed E-state index contributed by atoms with van der Waals surface area (Å²) in [6.07, 6.45) is 2.02. The van der Waals surface area contributed by atoms with Crippen molar-refractivity contribution in [2.24, 2.45) is 21.8 Å². The third-order valence-corrected chi connectivity index (χ3v) is 6.76. The van der Waals surface area contributed by atoms with Crippen LogP contribution in [0.4, 0.5) is 0 Å². The Bertz CT molecular complexity index is 1250. The Balaban J connectivity index is 1.22. The molecule has 2 aliphatic rings. The summed E-state index contributed by atoms with van der Waals surface area (Å²) in [5, 5.41) is 0. The predicted molar refractivity (Wildman–Crippen MR) is 157 cm³/mol. The molecule has 0 radical (unpaired) electrons. The van der Waals surface area contributed by atoms with Gasteiger partial charge in [-0.05, 0) is 61.1 Å². The molecule has 0 saturated carbocycles. The number of rotatable bonds is 12. The molecule has 2 aliphatic heterocycles. The summed E-state index contributed by atoms with van der Waals surface area (Å²) >= 11 is 0. The molecule has 2 atom stereocenters. The lowest BCUT2D eigenvalue weighted by molar-refractivity contribution is 0.283. The van der Waals surface area contributed by atoms with Gasteiger partial charge in [-0.2, -0.15) is 0 Å². The van der Waals surface area contributed by atoms with E-state index in [-0.39, 0.29) is 12.1 Å². The molecule has 3 aromatic rings. The molecule has 0 bridgehead atoms. The van der Waals surface area contributed by atoms with E-state index in [1.54, 1.807) is 0 Å². The zero-order chi connectivity index (χ0) is 27.9. The Labute approximate surface area is 237 Å². The first-order valence-electron chi connectivity index (χ1n) is 14.2. The maximum Gasteiger partial charge on any atom is 0.220 e. The summed E-state index contributed by atoms with van der Waals surface area (Å²) in [6, 6.07) is 22.0. The van der Waals surface area contributed by atoms with Gasteiger partial charge < -0.3 is 18.9 Å². The molecule has 0 N–H and O–H groups in total. The summed E-state index contributed by atoms with van der Waals surface area (Å²) in [4.78, 5) is 14.4. The van der Waals surface area contributed by atoms with Crippen molar-refractivity contribution in [3.05, 3.63) is 89.2 Å². The van der Waals surface area contributed by atoms with Crippen molar-refractivity contribution in [3.63, 3.8) is 0 Å². The van der Waals surface area contributed by atoms with Crippen molar-refractivity contribution < 1.29 is 18.9 Å². The van der Waals surface area contributed by atoms with Crippen LogP contribution in [-0.4, -0.2) is 42.1 Å². The number of hydrogen-bond acceptors (Lipinski definition) is 7. The highest BCUT2D eigenvalue weighted by molar-refractivity contribution is 5.98. The first-order chi connectivity index (χ1) is 19.4. The van der Waals surface area contributed by atoms with Gasteiger partial charge in [-0.3, -0.25) is 4.98 Å². The van der Waals surface area contributed by atoms with Crippen molar-refractivity contribution >= 4 is 11.8 Å². The average molecular weight is 542 g/mol. The van der Waals surface area contributed by atoms with Crippen molar-refractivity contribution in [3.8, 4) is 11.5 Å². The van der Waals surface area contributed by atoms with Gasteiger partial charge in [0.1, 0.15) is 37.9 Å². The number of aromatic nitrogens is 1. The minimum Gasteiger partial charge on any atom is -0.486 e. The lowest BCUT2D eigenvalue weighted by atomic mass is 10.1. The largest absolute Gasteiger partial charge is 0.486 e. The maximum absolute atomic E-state index is 6.20. The number of para-hydroxylation sites is 2. The maximum atomic E-state index is 6.20. The van der Waals surface area contributed by atoms with E-state index in [0.717, 1.165) is 46.9 Å². The fourth-order valence-corrected chi connectivity index (χ4v) is 4.99. The lowest BCUT2D eigenvalue weighted by Gasteiger charge is -2.13. The van der Waals surface area contributed by atoms with E-state index in [2.05, 4.69) is 27.7 Å². The summed E-state index contributed by atoms with van der Waals surface area (Å²) in [7, 11) is 0. The quantitative estimate of drug-likeness (QED) is 0.258. The smallest absolute Gasteiger partial charge is 0.220 e. The molecule has 40 heavy (non-hydrogen) atoms. The number of benzene rings is 2. The van der Waals surface area contributed by atoms with Crippen LogP contribution in [0.15, 0.2) is 76.7 Å². The van der Waals surface area contributed by atoms with Crippen LogP contribution in [0.3, 0.4) is 0 Å². The molecule has 7 nitrogen and oxygen atoms in total. The van der Waals surface area contributed by atoms with Gasteiger partial charge in [-0.25, -0.2) is 9.98 Å². The molecular formula is C33H39N3O4. The number of ether oxygens (including phenoxy) is 4. The Morgan fingerprint density at radius 3 is 1.55 bits per heavy atom. The monoisotopic (exact) mass is 541 g/mol. The van der Waals surface area contributed by atoms with Gasteiger partial charge in [0.2, 0.25) is 11.8 Å². The van der Waals surface area contributed by atoms with E-state index < -0.39 is 0 Å². The molecule has 0 amide bonds. The van der Waals surface area contributed by atoms with E-state index in [9.17, 15) is 0 Å². The van der Waals surface area contributed by atoms with Crippen LogP contribution < -0.4 is 9.47 Å². The highest BCUT2D eigenvalue weighted by Gasteiger charge is 2.24. The first-order valence-corrected chi connectivity index (χ1v) is 14.2. The SMILES string of the molecule is CC(C)CC1COC(c2ccccc2OCc2cccc(COc3ccccc3C3=NC(CC(C)C)CO3)n2)=N1. The molecule has 2 aromatic carbocycles. The van der Waals surface area contributed by atoms with Crippen molar-refractivity contribution in [2.45, 2.75) is 65.8 Å². The Hall–Kier alpha value is -3.87. The van der Waals surface area contributed by atoms with E-state index in [1.165, 1.54) is 0 Å². The molecule has 3 heterocycles. The van der Waals surface area contributed by atoms with Crippen molar-refractivity contribution in [1.29, 1.82) is 0 Å². The topological polar surface area (TPSA) is 74.5 Å². The molecule has 210 valence electrons. The fourth-order valence-electron chi connectivity index (χ4n) is 4.99. The highest BCUT2D eigenvalue weighted by atomic mass is 16.5. The van der Waals surface area contributed by atoms with Crippen LogP contribution in [-0.2, 0) is 22.7 Å². The molecule has 7 heteroatoms. The van der Waals surface area contributed by atoms with Crippen molar-refractivity contribution in [1.82, 2.24) is 4.98 Å². The van der Waals surface area contributed by atoms with Crippen LogP contribution in [0.5, 0.6) is 11.5 Å². The molecule has 0 fully saturated rings. The van der Waals surface area contributed by atoms with Crippen LogP contribution >= 0.6 is 0 Å². The second kappa shape index (κ2) is 13.0. The zero-order valence-corrected chi connectivity index (χ0v) is 23.9. The summed E-state index contributed by atoms with van der Waals surface area (Å²) in [5.74, 6) is 3.92. The van der Waals surface area contributed by atoms with Gasteiger partial charge in [0.15, 0.2) is 0 Å². The van der Waals surface area contributed by atoms with E-state index in [1.807, 2.05) is 66.7 Å². The standard InChI is InChI=1S/C33H39N3O4/c1-22(2)16-26-20-39-32(35-26)28-12-5-7-14-30(28)37-18-24-10-9-11-25(34-24)19-38-31-15-8-6-13-29(31)33-36-27(21-40-33)17-23(3)4/h5-15,22-23,26-27H,16-21H2,1-4H3. The van der Waals surface area contributed by atoms with Gasteiger partial charge in [0.05, 0.1) is 34.6 Å². The summed E-state index contributed by atoms with van der Waals surface area (Å²) in [5.41, 5.74) is 3.38. The fraction of sp³-hybridized carbons (Fsp3) is 0.424. The Kier molecular flexibility index (Phi) is 8.99. The van der Waals surface area contributed by atoms with Crippen LogP contribution in [0.1, 0.15) is 63.1 Å². The Morgan fingerprint density at radius 2 is 1.10 bits per heavy atom. The Morgan fingerprint density at radius 1 is 0.650 bits per heavy atom. The minimum absolute atomic E-state index is 0.195. The number of pyridine rings is 1.